The summed E-state index contributed by atoms with van der Waals surface area (Å²) in [5.41, 5.74) is 9.57. The lowest BCUT2D eigenvalue weighted by Gasteiger charge is -2.35. The number of thiazole rings is 1. The minimum absolute atomic E-state index is 0.0187. The number of fused-ring (bicyclic) bond motifs is 3. The third kappa shape index (κ3) is 9.87. The molecule has 17 heteroatoms. The highest BCUT2D eigenvalue weighted by atomic mass is 32.1. The molecule has 3 N–H and O–H groups in total. The molecule has 6 aromatic rings. The molecule has 5 heterocycles. The van der Waals surface area contributed by atoms with Crippen LogP contribution in [0.2, 0.25) is 0 Å². The van der Waals surface area contributed by atoms with Crippen molar-refractivity contribution in [3.63, 3.8) is 0 Å². The van der Waals surface area contributed by atoms with E-state index in [9.17, 15) is 24.3 Å². The summed E-state index contributed by atoms with van der Waals surface area (Å²) in [6.45, 7) is 15.0. The molecule has 15 nitrogen and oxygen atoms in total. The van der Waals surface area contributed by atoms with Crippen LogP contribution in [0.15, 0.2) is 83.3 Å². The normalized spacial score (nSPS) is 17.6. The number of hydrogen-bond donors (Lipinski definition) is 3. The fourth-order valence-corrected chi connectivity index (χ4v) is 10.7. The van der Waals surface area contributed by atoms with Gasteiger partial charge < -0.3 is 30.1 Å². The molecule has 1 fully saturated rings. The Morgan fingerprint density at radius 2 is 1.53 bits per heavy atom. The molecule has 68 heavy (non-hydrogen) atoms. The van der Waals surface area contributed by atoms with Gasteiger partial charge in [-0.1, -0.05) is 81.4 Å². The van der Waals surface area contributed by atoms with E-state index in [4.69, 9.17) is 14.5 Å². The number of aromatic nitrogens is 4. The number of carbonyl (C=O) groups excluding carboxylic acids is 4. The molecule has 5 atom stereocenters. The van der Waals surface area contributed by atoms with Gasteiger partial charge in [-0.3, -0.25) is 28.7 Å². The molecule has 0 bridgehead atoms. The molecule has 1 unspecified atom stereocenters. The minimum Gasteiger partial charge on any atom is -0.484 e. The predicted octanol–water partition coefficient (Wildman–Crippen LogP) is 7.56. The highest BCUT2D eigenvalue weighted by Gasteiger charge is 2.45. The predicted molar refractivity (Wildman–Crippen MR) is 262 cm³/mol. The van der Waals surface area contributed by atoms with Gasteiger partial charge in [0.05, 0.1) is 47.5 Å². The van der Waals surface area contributed by atoms with Gasteiger partial charge in [0.2, 0.25) is 11.8 Å². The number of aliphatic hydroxyl groups excluding tert-OH is 1. The van der Waals surface area contributed by atoms with Gasteiger partial charge >= 0.3 is 5.97 Å². The molecule has 2 aliphatic heterocycles. The number of thiophene rings is 1. The number of rotatable bonds is 13. The lowest BCUT2D eigenvalue weighted by molar-refractivity contribution is -0.144. The van der Waals surface area contributed by atoms with Crippen molar-refractivity contribution in [2.24, 2.45) is 10.4 Å². The van der Waals surface area contributed by atoms with Crippen LogP contribution in [0, 0.1) is 33.1 Å². The maximum atomic E-state index is 14.2. The summed E-state index contributed by atoms with van der Waals surface area (Å²) in [4.78, 5) is 67.1. The van der Waals surface area contributed by atoms with Crippen molar-refractivity contribution in [1.29, 1.82) is 0 Å². The topological polar surface area (TPSA) is 190 Å². The van der Waals surface area contributed by atoms with Gasteiger partial charge in [-0.2, -0.15) is 0 Å². The zero-order valence-corrected chi connectivity index (χ0v) is 41.3. The molecule has 0 radical (unpaired) electrons. The summed E-state index contributed by atoms with van der Waals surface area (Å²) in [6, 6.07) is 20.5. The Morgan fingerprint density at radius 3 is 2.16 bits per heavy atom. The van der Waals surface area contributed by atoms with Crippen LogP contribution in [0.25, 0.3) is 26.6 Å². The molecular formula is C51H56N8O7S2. The van der Waals surface area contributed by atoms with Gasteiger partial charge in [0.15, 0.2) is 12.4 Å². The Labute approximate surface area is 403 Å². The number of methoxy groups -OCH3 is 1. The van der Waals surface area contributed by atoms with Crippen molar-refractivity contribution < 1.29 is 33.8 Å². The number of β-amino-alcohol motifs (C(OH)–C–C–N with tert-alkyl or cyclic N) is 1. The average molecular weight is 957 g/mol. The first-order valence-electron chi connectivity index (χ1n) is 22.5. The number of hydrogen-bond acceptors (Lipinski definition) is 13. The molecule has 0 spiro atoms. The SMILES string of the molecule is COC(=O)C[C@@H]1N=C(c2ccc(-c3ccc(OCC(=O)NC(C(=O)N4C[C@H](O)C[C@H]4C(=O)N[C@@H](C)c4ccc(-c5scnc5C)cc4)C(C)(C)C)cc3)cc2)c2c(sc(C)c2C)-n2c(C)nnc21. The minimum atomic E-state index is -1.00. The molecular weight excluding hydrogens is 901 g/mol. The number of amides is 3. The second-order valence-electron chi connectivity index (χ2n) is 18.5. The fraction of sp³-hybridized carbons (Fsp3) is 0.373. The van der Waals surface area contributed by atoms with Crippen molar-refractivity contribution in [1.82, 2.24) is 35.3 Å². The number of carbonyl (C=O) groups is 4. The number of ether oxygens (including phenoxy) is 2. The van der Waals surface area contributed by atoms with Gasteiger partial charge in [0, 0.05) is 29.0 Å². The van der Waals surface area contributed by atoms with Crippen LogP contribution in [0.1, 0.15) is 97.1 Å². The van der Waals surface area contributed by atoms with Crippen LogP contribution >= 0.6 is 22.7 Å². The third-order valence-corrected chi connectivity index (χ3v) is 14.8. The highest BCUT2D eigenvalue weighted by Crippen LogP contribution is 2.40. The molecule has 8 rings (SSSR count). The van der Waals surface area contributed by atoms with Gasteiger partial charge in [-0.15, -0.1) is 32.9 Å². The number of esters is 1. The number of aliphatic hydroxyl groups is 1. The van der Waals surface area contributed by atoms with E-state index in [-0.39, 0.29) is 37.9 Å². The summed E-state index contributed by atoms with van der Waals surface area (Å²) in [5.74, 6) is 0.0334. The number of nitrogens with one attached hydrogen (secondary N) is 2. The second kappa shape index (κ2) is 19.6. The molecule has 354 valence electrons. The van der Waals surface area contributed by atoms with Gasteiger partial charge in [0.1, 0.15) is 34.7 Å². The van der Waals surface area contributed by atoms with Crippen molar-refractivity contribution >= 4 is 52.1 Å². The molecule has 3 aromatic carbocycles. The monoisotopic (exact) mass is 956 g/mol. The number of aliphatic imine (C=N–C) groups is 1. The first-order chi connectivity index (χ1) is 32.4. The van der Waals surface area contributed by atoms with E-state index in [1.165, 1.54) is 12.0 Å². The highest BCUT2D eigenvalue weighted by molar-refractivity contribution is 7.15. The smallest absolute Gasteiger partial charge is 0.308 e. The van der Waals surface area contributed by atoms with Crippen LogP contribution in [-0.2, 0) is 23.9 Å². The fourth-order valence-electron chi connectivity index (χ4n) is 8.70. The largest absolute Gasteiger partial charge is 0.484 e. The van der Waals surface area contributed by atoms with Crippen LogP contribution in [-0.4, -0.2) is 97.6 Å². The maximum Gasteiger partial charge on any atom is 0.308 e. The zero-order chi connectivity index (χ0) is 48.6. The Bertz CT molecular complexity index is 2880. The Balaban J connectivity index is 0.905. The van der Waals surface area contributed by atoms with E-state index >= 15 is 0 Å². The van der Waals surface area contributed by atoms with Gasteiger partial charge in [-0.05, 0) is 80.0 Å². The summed E-state index contributed by atoms with van der Waals surface area (Å²) >= 11 is 3.22. The quantitative estimate of drug-likeness (QED) is 0.0975. The summed E-state index contributed by atoms with van der Waals surface area (Å²) in [5, 5.41) is 26.3. The van der Waals surface area contributed by atoms with E-state index in [0.717, 1.165) is 65.1 Å². The second-order valence-corrected chi connectivity index (χ2v) is 20.5. The molecule has 3 amide bonds. The number of likely N-dealkylation sites (tertiary alicyclic amines) is 1. The molecule has 3 aromatic heterocycles. The Hall–Kier alpha value is -6.56. The van der Waals surface area contributed by atoms with Gasteiger partial charge in [-0.25, -0.2) is 4.98 Å². The van der Waals surface area contributed by atoms with Crippen LogP contribution in [0.5, 0.6) is 5.75 Å². The lowest BCUT2D eigenvalue weighted by Crippen LogP contribution is -2.58. The van der Waals surface area contributed by atoms with Crippen LogP contribution in [0.3, 0.4) is 0 Å². The van der Waals surface area contributed by atoms with Crippen LogP contribution < -0.4 is 15.4 Å². The lowest BCUT2D eigenvalue weighted by atomic mass is 9.85. The van der Waals surface area contributed by atoms with Crippen molar-refractivity contribution in [3.05, 3.63) is 123 Å². The third-order valence-electron chi connectivity index (χ3n) is 12.6. The average Bonchev–Trinajstić information content (AvgIpc) is 4.09. The molecule has 1 saturated heterocycles. The number of nitrogens with zero attached hydrogens (tertiary/aromatic N) is 6. The maximum absolute atomic E-state index is 14.2. The molecule has 2 aliphatic rings. The molecule has 0 saturated carbocycles. The first kappa shape index (κ1) is 47.9. The van der Waals surface area contributed by atoms with Crippen molar-refractivity contribution in [2.75, 3.05) is 20.3 Å². The Kier molecular flexibility index (Phi) is 13.8. The number of benzene rings is 3. The summed E-state index contributed by atoms with van der Waals surface area (Å²) in [7, 11) is 1.36. The van der Waals surface area contributed by atoms with E-state index in [1.54, 1.807) is 34.8 Å². The Morgan fingerprint density at radius 1 is 0.882 bits per heavy atom. The standard InChI is InChI=1S/C51H56N8O7S2/c1-27-30(4)68-50-43(27)44(54-39(23-42(62)65-9)47-57-56-31(5)59(47)50)35-14-12-33(13-15-35)34-18-20-38(21-19-34)66-25-41(61)55-46(51(6,7)8)49(64)58-24-37(60)22-40(58)48(63)53-28(2)32-10-16-36(17-11-32)45-29(3)52-26-67-45/h10-21,26,28,37,39-40,46,60H,22-25H2,1-9H3,(H,53,63)(H,55,61)/t28-,37+,39-,40-,46?/m0/s1. The van der Waals surface area contributed by atoms with Crippen molar-refractivity contribution in [2.45, 2.75) is 98.5 Å². The van der Waals surface area contributed by atoms with E-state index in [0.29, 0.717) is 17.4 Å². The van der Waals surface area contributed by atoms with E-state index < -0.39 is 47.4 Å². The number of aryl methyl sites for hydroxylation is 3. The zero-order valence-electron chi connectivity index (χ0n) is 39.6. The molecule has 0 aliphatic carbocycles. The first-order valence-corrected chi connectivity index (χ1v) is 24.2. The van der Waals surface area contributed by atoms with E-state index in [2.05, 4.69) is 39.7 Å². The summed E-state index contributed by atoms with van der Waals surface area (Å²) in [6.07, 6.45) is -0.797. The van der Waals surface area contributed by atoms with Crippen molar-refractivity contribution in [3.8, 4) is 32.3 Å². The van der Waals surface area contributed by atoms with Crippen LogP contribution in [0.4, 0.5) is 0 Å². The van der Waals surface area contributed by atoms with E-state index in [1.807, 2.05) is 112 Å². The summed E-state index contributed by atoms with van der Waals surface area (Å²) < 4.78 is 12.9. The van der Waals surface area contributed by atoms with Gasteiger partial charge in [0.25, 0.3) is 5.91 Å².